The van der Waals surface area contributed by atoms with Crippen LogP contribution >= 0.6 is 11.3 Å². The van der Waals surface area contributed by atoms with Crippen LogP contribution in [0.2, 0.25) is 0 Å². The van der Waals surface area contributed by atoms with Gasteiger partial charge in [0.1, 0.15) is 17.9 Å². The fourth-order valence-electron chi connectivity index (χ4n) is 4.23. The summed E-state index contributed by atoms with van der Waals surface area (Å²) in [5.41, 5.74) is 2.33. The van der Waals surface area contributed by atoms with E-state index in [1.807, 2.05) is 22.4 Å². The minimum atomic E-state index is -0.318. The van der Waals surface area contributed by atoms with Crippen LogP contribution in [0, 0.1) is 13.8 Å². The SMILES string of the molecule is Cc1ccc(C)c(OC2CCN(C(=O)[C@@H]3CCCN3C(=O)c3cccs3)CC2)c1. The van der Waals surface area contributed by atoms with Crippen molar-refractivity contribution in [3.63, 3.8) is 0 Å². The van der Waals surface area contributed by atoms with Gasteiger partial charge in [0.2, 0.25) is 5.91 Å². The molecule has 0 radical (unpaired) electrons. The highest BCUT2D eigenvalue weighted by atomic mass is 32.1. The molecule has 4 rings (SSSR count). The van der Waals surface area contributed by atoms with Crippen LogP contribution in [0.15, 0.2) is 35.7 Å². The Morgan fingerprint density at radius 1 is 1.07 bits per heavy atom. The van der Waals surface area contributed by atoms with Crippen molar-refractivity contribution in [2.75, 3.05) is 19.6 Å². The Morgan fingerprint density at radius 3 is 2.59 bits per heavy atom. The van der Waals surface area contributed by atoms with Crippen LogP contribution in [-0.2, 0) is 4.79 Å². The number of amides is 2. The lowest BCUT2D eigenvalue weighted by molar-refractivity contribution is -0.137. The molecule has 3 heterocycles. The molecular formula is C23H28N2O3S. The van der Waals surface area contributed by atoms with E-state index in [1.54, 1.807) is 4.90 Å². The first-order valence-corrected chi connectivity index (χ1v) is 11.3. The van der Waals surface area contributed by atoms with Crippen molar-refractivity contribution >= 4 is 23.2 Å². The Balaban J connectivity index is 1.35. The van der Waals surface area contributed by atoms with E-state index in [4.69, 9.17) is 4.74 Å². The van der Waals surface area contributed by atoms with Crippen LogP contribution in [-0.4, -0.2) is 53.4 Å². The molecule has 6 heteroatoms. The van der Waals surface area contributed by atoms with Crippen LogP contribution in [0.25, 0.3) is 0 Å². The van der Waals surface area contributed by atoms with E-state index in [1.165, 1.54) is 16.9 Å². The van der Waals surface area contributed by atoms with Gasteiger partial charge in [-0.05, 0) is 55.3 Å². The van der Waals surface area contributed by atoms with E-state index >= 15 is 0 Å². The van der Waals surface area contributed by atoms with Gasteiger partial charge in [0, 0.05) is 32.5 Å². The average molecular weight is 413 g/mol. The number of carbonyl (C=O) groups is 2. The Morgan fingerprint density at radius 2 is 1.86 bits per heavy atom. The number of hydrogen-bond acceptors (Lipinski definition) is 4. The highest BCUT2D eigenvalue weighted by Crippen LogP contribution is 2.27. The molecule has 1 atom stereocenters. The molecule has 1 aromatic heterocycles. The van der Waals surface area contributed by atoms with E-state index in [0.29, 0.717) is 24.5 Å². The topological polar surface area (TPSA) is 49.9 Å². The van der Waals surface area contributed by atoms with Crippen LogP contribution in [0.5, 0.6) is 5.75 Å². The Bertz CT molecular complexity index is 872. The summed E-state index contributed by atoms with van der Waals surface area (Å²) in [7, 11) is 0. The van der Waals surface area contributed by atoms with Gasteiger partial charge < -0.3 is 14.5 Å². The third-order valence-electron chi connectivity index (χ3n) is 5.92. The molecule has 0 bridgehead atoms. The second-order valence-corrected chi connectivity index (χ2v) is 8.99. The zero-order chi connectivity index (χ0) is 20.4. The highest BCUT2D eigenvalue weighted by Gasteiger charge is 2.38. The van der Waals surface area contributed by atoms with Crippen molar-refractivity contribution in [3.8, 4) is 5.75 Å². The van der Waals surface area contributed by atoms with E-state index in [-0.39, 0.29) is 24.0 Å². The lowest BCUT2D eigenvalue weighted by atomic mass is 10.1. The lowest BCUT2D eigenvalue weighted by Gasteiger charge is -2.35. The van der Waals surface area contributed by atoms with E-state index < -0.39 is 0 Å². The molecule has 29 heavy (non-hydrogen) atoms. The van der Waals surface area contributed by atoms with Crippen molar-refractivity contribution in [1.82, 2.24) is 9.80 Å². The van der Waals surface area contributed by atoms with Crippen LogP contribution in [0.3, 0.4) is 0 Å². The number of thiophene rings is 1. The largest absolute Gasteiger partial charge is 0.490 e. The maximum Gasteiger partial charge on any atom is 0.264 e. The molecule has 0 aliphatic carbocycles. The third kappa shape index (κ3) is 4.32. The van der Waals surface area contributed by atoms with Crippen molar-refractivity contribution in [2.24, 2.45) is 0 Å². The Kier molecular flexibility index (Phi) is 5.90. The van der Waals surface area contributed by atoms with E-state index in [9.17, 15) is 9.59 Å². The number of ether oxygens (including phenoxy) is 1. The van der Waals surface area contributed by atoms with Crippen molar-refractivity contribution in [2.45, 2.75) is 51.7 Å². The summed E-state index contributed by atoms with van der Waals surface area (Å²) in [6.45, 7) is 6.17. The molecule has 1 aromatic carbocycles. The predicted molar refractivity (Wildman–Crippen MR) is 115 cm³/mol. The van der Waals surface area contributed by atoms with Crippen LogP contribution < -0.4 is 4.74 Å². The van der Waals surface area contributed by atoms with Gasteiger partial charge >= 0.3 is 0 Å². The fourth-order valence-corrected chi connectivity index (χ4v) is 4.91. The monoisotopic (exact) mass is 412 g/mol. The number of likely N-dealkylation sites (tertiary alicyclic amines) is 2. The Hall–Kier alpha value is -2.34. The summed E-state index contributed by atoms with van der Waals surface area (Å²) in [6.07, 6.45) is 3.43. The standard InChI is InChI=1S/C23H28N2O3S/c1-16-7-8-17(2)20(15-16)28-18-9-12-24(13-10-18)22(26)19-5-3-11-25(19)23(27)21-6-4-14-29-21/h4,6-8,14-15,18-19H,3,5,9-13H2,1-2H3/t19-/m0/s1. The molecule has 2 aromatic rings. The van der Waals surface area contributed by atoms with Gasteiger partial charge in [0.25, 0.3) is 5.91 Å². The number of piperidine rings is 1. The molecule has 154 valence electrons. The molecule has 2 amide bonds. The molecular weight excluding hydrogens is 384 g/mol. The van der Waals surface area contributed by atoms with E-state index in [2.05, 4.69) is 32.0 Å². The predicted octanol–water partition coefficient (Wildman–Crippen LogP) is 4.04. The number of hydrogen-bond donors (Lipinski definition) is 0. The number of benzene rings is 1. The van der Waals surface area contributed by atoms with Crippen molar-refractivity contribution in [3.05, 3.63) is 51.7 Å². The second kappa shape index (κ2) is 8.57. The summed E-state index contributed by atoms with van der Waals surface area (Å²) in [5, 5.41) is 1.90. The summed E-state index contributed by atoms with van der Waals surface area (Å²) >= 11 is 1.44. The quantitative estimate of drug-likeness (QED) is 0.762. The molecule has 2 saturated heterocycles. The maximum atomic E-state index is 13.1. The third-order valence-corrected chi connectivity index (χ3v) is 6.78. The highest BCUT2D eigenvalue weighted by molar-refractivity contribution is 7.12. The molecule has 0 spiro atoms. The molecule has 2 aliphatic heterocycles. The normalized spacial score (nSPS) is 20.1. The smallest absolute Gasteiger partial charge is 0.264 e. The summed E-state index contributed by atoms with van der Waals surface area (Å²) in [4.78, 5) is 30.3. The zero-order valence-corrected chi connectivity index (χ0v) is 17.9. The molecule has 5 nitrogen and oxygen atoms in total. The van der Waals surface area contributed by atoms with Gasteiger partial charge in [-0.15, -0.1) is 11.3 Å². The van der Waals surface area contributed by atoms with Gasteiger partial charge in [0.15, 0.2) is 0 Å². The number of aryl methyl sites for hydroxylation is 2. The number of nitrogens with zero attached hydrogens (tertiary/aromatic N) is 2. The summed E-state index contributed by atoms with van der Waals surface area (Å²) in [5.74, 6) is 1.03. The first kappa shape index (κ1) is 20.0. The molecule has 0 saturated carbocycles. The number of rotatable bonds is 4. The van der Waals surface area contributed by atoms with Gasteiger partial charge in [-0.25, -0.2) is 0 Å². The summed E-state index contributed by atoms with van der Waals surface area (Å²) < 4.78 is 6.23. The van der Waals surface area contributed by atoms with Crippen molar-refractivity contribution in [1.29, 1.82) is 0 Å². The van der Waals surface area contributed by atoms with Gasteiger partial charge in [0.05, 0.1) is 4.88 Å². The van der Waals surface area contributed by atoms with Crippen LogP contribution in [0.1, 0.15) is 46.5 Å². The van der Waals surface area contributed by atoms with E-state index in [0.717, 1.165) is 37.0 Å². The summed E-state index contributed by atoms with van der Waals surface area (Å²) in [6, 6.07) is 9.66. The van der Waals surface area contributed by atoms with Crippen LogP contribution in [0.4, 0.5) is 0 Å². The van der Waals surface area contributed by atoms with Gasteiger partial charge in [-0.1, -0.05) is 18.2 Å². The first-order valence-electron chi connectivity index (χ1n) is 10.4. The molecule has 2 aliphatic rings. The molecule has 0 N–H and O–H groups in total. The average Bonchev–Trinajstić information content (AvgIpc) is 3.42. The van der Waals surface area contributed by atoms with Gasteiger partial charge in [-0.3, -0.25) is 9.59 Å². The minimum Gasteiger partial charge on any atom is -0.490 e. The van der Waals surface area contributed by atoms with Gasteiger partial charge in [-0.2, -0.15) is 0 Å². The molecule has 2 fully saturated rings. The minimum absolute atomic E-state index is 0.0102. The zero-order valence-electron chi connectivity index (χ0n) is 17.1. The fraction of sp³-hybridized carbons (Fsp3) is 0.478. The maximum absolute atomic E-state index is 13.1. The first-order chi connectivity index (χ1) is 14.0. The lowest BCUT2D eigenvalue weighted by Crippen LogP contribution is -2.51. The molecule has 0 unspecified atom stereocenters. The number of carbonyl (C=O) groups excluding carboxylic acids is 2. The Labute approximate surface area is 176 Å². The van der Waals surface area contributed by atoms with Crippen molar-refractivity contribution < 1.29 is 14.3 Å². The second-order valence-electron chi connectivity index (χ2n) is 8.05.